The van der Waals surface area contributed by atoms with Crippen LogP contribution in [0.15, 0.2) is 84.0 Å². The molecule has 212 valence electrons. The molecule has 3 aromatic carbocycles. The Bertz CT molecular complexity index is 1510. The Morgan fingerprint density at radius 1 is 1.02 bits per heavy atom. The van der Waals surface area contributed by atoms with Gasteiger partial charge in [-0.05, 0) is 61.4 Å². The number of ether oxygens (including phenoxy) is 3. The molecule has 1 aliphatic heterocycles. The lowest BCUT2D eigenvalue weighted by Crippen LogP contribution is -2.35. The van der Waals surface area contributed by atoms with Gasteiger partial charge in [-0.25, -0.2) is 9.37 Å². The first-order valence-corrected chi connectivity index (χ1v) is 14.2. The molecule has 1 saturated heterocycles. The Kier molecular flexibility index (Phi) is 9.36. The molecular weight excluding hydrogens is 535 g/mol. The van der Waals surface area contributed by atoms with E-state index in [4.69, 9.17) is 18.8 Å². The Morgan fingerprint density at radius 2 is 1.70 bits per heavy atom. The number of imidazole rings is 1. The second-order valence-corrected chi connectivity index (χ2v) is 11.0. The Balaban J connectivity index is 0.000000283. The van der Waals surface area contributed by atoms with Gasteiger partial charge in [0, 0.05) is 57.3 Å². The molecule has 0 aliphatic carbocycles. The topological polar surface area (TPSA) is 99.9 Å². The van der Waals surface area contributed by atoms with E-state index in [-0.39, 0.29) is 10.7 Å². The third-order valence-electron chi connectivity index (χ3n) is 6.85. The van der Waals surface area contributed by atoms with Gasteiger partial charge in [0.1, 0.15) is 24.0 Å². The summed E-state index contributed by atoms with van der Waals surface area (Å²) in [6.45, 7) is 5.36. The summed E-state index contributed by atoms with van der Waals surface area (Å²) in [5, 5.41) is 0. The highest BCUT2D eigenvalue weighted by Gasteiger charge is 2.35. The Morgan fingerprint density at radius 3 is 2.27 bits per heavy atom. The van der Waals surface area contributed by atoms with Crippen LogP contribution in [0, 0.1) is 19.7 Å². The first-order valence-electron chi connectivity index (χ1n) is 12.8. The van der Waals surface area contributed by atoms with E-state index in [0.717, 1.165) is 28.2 Å². The summed E-state index contributed by atoms with van der Waals surface area (Å²) in [5.41, 5.74) is 3.27. The van der Waals surface area contributed by atoms with E-state index in [1.165, 1.54) is 24.3 Å². The number of aromatic nitrogens is 2. The predicted octanol–water partition coefficient (Wildman–Crippen LogP) is 5.79. The van der Waals surface area contributed by atoms with Crippen LogP contribution in [0.4, 0.5) is 4.39 Å². The van der Waals surface area contributed by atoms with E-state index >= 15 is 0 Å². The van der Waals surface area contributed by atoms with Crippen LogP contribution in [0.5, 0.6) is 5.75 Å². The number of aryl methyl sites for hydroxylation is 2. The standard InChI is InChI=1S/C23H25FN2O3.C7H8O3S/c1-17-25-9-10-26(17)21-5-3-18(4-6-21)16-29-22-14-19(13-20(24)15-22)23(27-2)7-11-28-12-8-23;1-6-2-4-7(5-3-6)11(8,9)10/h3-6,9-10,13-15H,7-8,11-12,16H2,1-2H3;2-5H,1H3,(H,8,9,10). The number of benzene rings is 3. The molecule has 1 aliphatic rings. The van der Waals surface area contributed by atoms with Crippen molar-refractivity contribution < 1.29 is 31.6 Å². The molecule has 0 bridgehead atoms. The van der Waals surface area contributed by atoms with Crippen LogP contribution in [-0.4, -0.2) is 42.8 Å². The summed E-state index contributed by atoms with van der Waals surface area (Å²) in [6.07, 6.45) is 5.10. The molecule has 0 spiro atoms. The van der Waals surface area contributed by atoms with Gasteiger partial charge in [-0.3, -0.25) is 4.55 Å². The maximum atomic E-state index is 14.3. The molecule has 0 unspecified atom stereocenters. The molecule has 1 aromatic heterocycles. The molecule has 0 amide bonds. The average molecular weight is 569 g/mol. The number of methoxy groups -OCH3 is 1. The molecular formula is C30H33FN2O6S. The third-order valence-corrected chi connectivity index (χ3v) is 7.72. The van der Waals surface area contributed by atoms with Crippen molar-refractivity contribution in [2.45, 2.75) is 43.8 Å². The van der Waals surface area contributed by atoms with Crippen LogP contribution in [-0.2, 0) is 31.8 Å². The second kappa shape index (κ2) is 12.7. The lowest BCUT2D eigenvalue weighted by Gasteiger charge is -2.36. The lowest BCUT2D eigenvalue weighted by molar-refractivity contribution is -0.0950. The molecule has 0 radical (unpaired) electrons. The van der Waals surface area contributed by atoms with Gasteiger partial charge >= 0.3 is 0 Å². The fraction of sp³-hybridized carbons (Fsp3) is 0.300. The van der Waals surface area contributed by atoms with Gasteiger partial charge < -0.3 is 18.8 Å². The summed E-state index contributed by atoms with van der Waals surface area (Å²) in [6, 6.07) is 18.9. The van der Waals surface area contributed by atoms with Crippen LogP contribution in [0.3, 0.4) is 0 Å². The van der Waals surface area contributed by atoms with Crippen LogP contribution in [0.2, 0.25) is 0 Å². The van der Waals surface area contributed by atoms with Gasteiger partial charge in [0.2, 0.25) is 0 Å². The van der Waals surface area contributed by atoms with Crippen molar-refractivity contribution in [3.63, 3.8) is 0 Å². The highest BCUT2D eigenvalue weighted by Crippen LogP contribution is 2.37. The van der Waals surface area contributed by atoms with Gasteiger partial charge in [-0.2, -0.15) is 8.42 Å². The number of hydrogen-bond acceptors (Lipinski definition) is 6. The molecule has 4 aromatic rings. The third kappa shape index (κ3) is 7.33. The van der Waals surface area contributed by atoms with Crippen molar-refractivity contribution in [2.75, 3.05) is 20.3 Å². The van der Waals surface area contributed by atoms with Crippen molar-refractivity contribution in [2.24, 2.45) is 0 Å². The number of rotatable bonds is 7. The zero-order valence-corrected chi connectivity index (χ0v) is 23.5. The van der Waals surface area contributed by atoms with Crippen molar-refractivity contribution in [1.82, 2.24) is 9.55 Å². The second-order valence-electron chi connectivity index (χ2n) is 9.57. The van der Waals surface area contributed by atoms with Gasteiger partial charge in [-0.15, -0.1) is 0 Å². The SMILES string of the molecule is COC1(c2cc(F)cc(OCc3ccc(-n4ccnc4C)cc3)c2)CCOCC1.Cc1ccc(S(=O)(=O)O)cc1. The fourth-order valence-corrected chi connectivity index (χ4v) is 4.98. The number of hydrogen-bond donors (Lipinski definition) is 1. The minimum absolute atomic E-state index is 0.0666. The molecule has 0 saturated carbocycles. The summed E-state index contributed by atoms with van der Waals surface area (Å²) in [4.78, 5) is 4.18. The van der Waals surface area contributed by atoms with Crippen molar-refractivity contribution >= 4 is 10.1 Å². The smallest absolute Gasteiger partial charge is 0.294 e. The minimum Gasteiger partial charge on any atom is -0.489 e. The van der Waals surface area contributed by atoms with E-state index in [2.05, 4.69) is 4.98 Å². The predicted molar refractivity (Wildman–Crippen MR) is 149 cm³/mol. The zero-order valence-electron chi connectivity index (χ0n) is 22.7. The lowest BCUT2D eigenvalue weighted by atomic mass is 9.86. The number of halogens is 1. The summed E-state index contributed by atoms with van der Waals surface area (Å²) >= 11 is 0. The van der Waals surface area contributed by atoms with E-state index in [9.17, 15) is 12.8 Å². The van der Waals surface area contributed by atoms with Crippen LogP contribution in [0.25, 0.3) is 5.69 Å². The molecule has 10 heteroatoms. The summed E-state index contributed by atoms with van der Waals surface area (Å²) in [7, 11) is -2.35. The molecule has 0 atom stereocenters. The molecule has 40 heavy (non-hydrogen) atoms. The monoisotopic (exact) mass is 568 g/mol. The van der Waals surface area contributed by atoms with E-state index in [1.54, 1.807) is 25.4 Å². The van der Waals surface area contributed by atoms with Gasteiger partial charge in [0.15, 0.2) is 0 Å². The largest absolute Gasteiger partial charge is 0.489 e. The first kappa shape index (κ1) is 29.4. The molecule has 1 fully saturated rings. The maximum Gasteiger partial charge on any atom is 0.294 e. The van der Waals surface area contributed by atoms with Gasteiger partial charge in [0.25, 0.3) is 10.1 Å². The Hall–Kier alpha value is -3.57. The zero-order chi connectivity index (χ0) is 28.8. The molecule has 2 heterocycles. The number of nitrogens with zero attached hydrogens (tertiary/aromatic N) is 2. The van der Waals surface area contributed by atoms with E-state index < -0.39 is 15.7 Å². The summed E-state index contributed by atoms with van der Waals surface area (Å²) in [5.74, 6) is 1.10. The molecule has 5 rings (SSSR count). The quantitative estimate of drug-likeness (QED) is 0.282. The van der Waals surface area contributed by atoms with E-state index in [1.807, 2.05) is 54.9 Å². The maximum absolute atomic E-state index is 14.3. The minimum atomic E-state index is -4.02. The van der Waals surface area contributed by atoms with Crippen LogP contribution < -0.4 is 4.74 Å². The van der Waals surface area contributed by atoms with Crippen molar-refractivity contribution in [3.8, 4) is 11.4 Å². The van der Waals surface area contributed by atoms with Gasteiger partial charge in [-0.1, -0.05) is 29.8 Å². The van der Waals surface area contributed by atoms with Crippen molar-refractivity contribution in [3.05, 3.63) is 107 Å². The van der Waals surface area contributed by atoms with E-state index in [0.29, 0.717) is 38.4 Å². The highest BCUT2D eigenvalue weighted by molar-refractivity contribution is 7.85. The van der Waals surface area contributed by atoms with Crippen LogP contribution >= 0.6 is 0 Å². The molecule has 1 N–H and O–H groups in total. The summed E-state index contributed by atoms with van der Waals surface area (Å²) < 4.78 is 63.0. The Labute approximate surface area is 234 Å². The van der Waals surface area contributed by atoms with Crippen molar-refractivity contribution in [1.29, 1.82) is 0 Å². The fourth-order valence-electron chi connectivity index (χ4n) is 4.50. The first-order chi connectivity index (χ1) is 19.1. The van der Waals surface area contributed by atoms with Gasteiger partial charge in [0.05, 0.1) is 10.5 Å². The van der Waals surface area contributed by atoms with Crippen LogP contribution in [0.1, 0.15) is 35.4 Å². The highest BCUT2D eigenvalue weighted by atomic mass is 32.2. The molecule has 8 nitrogen and oxygen atoms in total. The normalized spacial score (nSPS) is 14.7. The average Bonchev–Trinajstić information content (AvgIpc) is 3.38.